The van der Waals surface area contributed by atoms with Crippen molar-refractivity contribution < 1.29 is 9.90 Å². The molecule has 0 unspecified atom stereocenters. The molecule has 1 N–H and O–H groups in total. The number of phenols is 1. The number of nitrogens with zero attached hydrogens (tertiary/aromatic N) is 3. The molecular weight excluding hydrogens is 266 g/mol. The molecule has 1 aromatic carbocycles. The number of hydrogen-bond acceptors (Lipinski definition) is 4. The molecule has 0 aliphatic carbocycles. The van der Waals surface area contributed by atoms with Crippen LogP contribution >= 0.6 is 0 Å². The Bertz CT molecular complexity index is 466. The van der Waals surface area contributed by atoms with Gasteiger partial charge in [0.25, 0.3) is 0 Å². The molecule has 1 aromatic rings. The summed E-state index contributed by atoms with van der Waals surface area (Å²) < 4.78 is 0. The minimum Gasteiger partial charge on any atom is -0.506 e. The van der Waals surface area contributed by atoms with Crippen LogP contribution in [0.15, 0.2) is 24.3 Å². The monoisotopic (exact) mass is 291 g/mol. The summed E-state index contributed by atoms with van der Waals surface area (Å²) in [5, 5.41) is 9.89. The summed E-state index contributed by atoms with van der Waals surface area (Å²) in [6, 6.07) is 7.42. The van der Waals surface area contributed by atoms with E-state index in [9.17, 15) is 9.90 Å². The number of rotatable bonds is 5. The molecule has 1 aliphatic rings. The summed E-state index contributed by atoms with van der Waals surface area (Å²) in [5.41, 5.74) is 0.882. The third-order valence-electron chi connectivity index (χ3n) is 4.07. The Balaban J connectivity index is 1.86. The molecule has 0 aromatic heterocycles. The molecule has 0 radical (unpaired) electrons. The lowest BCUT2D eigenvalue weighted by Crippen LogP contribution is -2.50. The van der Waals surface area contributed by atoms with Gasteiger partial charge in [0.2, 0.25) is 5.91 Å². The predicted octanol–water partition coefficient (Wildman–Crippen LogP) is 1.38. The zero-order valence-electron chi connectivity index (χ0n) is 13.0. The van der Waals surface area contributed by atoms with Gasteiger partial charge in [-0.25, -0.2) is 0 Å². The number of amides is 1. The smallest absolute Gasteiger partial charge is 0.236 e. The summed E-state index contributed by atoms with van der Waals surface area (Å²) in [6.07, 6.45) is 0. The van der Waals surface area contributed by atoms with Gasteiger partial charge in [-0.1, -0.05) is 12.1 Å². The van der Waals surface area contributed by atoms with Gasteiger partial charge in [0.05, 0.1) is 12.2 Å². The predicted molar refractivity (Wildman–Crippen MR) is 84.7 cm³/mol. The van der Waals surface area contributed by atoms with E-state index < -0.39 is 0 Å². The van der Waals surface area contributed by atoms with Crippen molar-refractivity contribution in [1.82, 2.24) is 9.80 Å². The van der Waals surface area contributed by atoms with Crippen molar-refractivity contribution in [3.8, 4) is 5.75 Å². The SMILES string of the molecule is CCN(CC)C(=O)CN1CCN(c2ccccc2O)CC1. The fraction of sp³-hybridized carbons (Fsp3) is 0.562. The topological polar surface area (TPSA) is 47.0 Å². The number of anilines is 1. The summed E-state index contributed by atoms with van der Waals surface area (Å²) in [4.78, 5) is 18.3. The lowest BCUT2D eigenvalue weighted by molar-refractivity contribution is -0.132. The van der Waals surface area contributed by atoms with Crippen molar-refractivity contribution >= 4 is 11.6 Å². The lowest BCUT2D eigenvalue weighted by atomic mass is 10.2. The molecule has 0 saturated carbocycles. The van der Waals surface area contributed by atoms with Crippen LogP contribution in [0.3, 0.4) is 0 Å². The first-order valence-electron chi connectivity index (χ1n) is 7.68. The van der Waals surface area contributed by atoms with Crippen LogP contribution in [0.1, 0.15) is 13.8 Å². The number of phenolic OH excluding ortho intramolecular Hbond substituents is 1. The Kier molecular flexibility index (Phi) is 5.44. The highest BCUT2D eigenvalue weighted by molar-refractivity contribution is 5.78. The molecule has 5 nitrogen and oxygen atoms in total. The third kappa shape index (κ3) is 3.88. The number of hydrogen-bond donors (Lipinski definition) is 1. The first-order valence-corrected chi connectivity index (χ1v) is 7.68. The van der Waals surface area contributed by atoms with E-state index in [-0.39, 0.29) is 5.91 Å². The van der Waals surface area contributed by atoms with Crippen molar-refractivity contribution in [2.45, 2.75) is 13.8 Å². The van der Waals surface area contributed by atoms with Crippen molar-refractivity contribution in [3.63, 3.8) is 0 Å². The normalized spacial score (nSPS) is 16.0. The third-order valence-corrected chi connectivity index (χ3v) is 4.07. The minimum atomic E-state index is 0.205. The quantitative estimate of drug-likeness (QED) is 0.890. The van der Waals surface area contributed by atoms with Crippen LogP contribution < -0.4 is 4.90 Å². The van der Waals surface area contributed by atoms with E-state index in [4.69, 9.17) is 0 Å². The van der Waals surface area contributed by atoms with E-state index in [1.54, 1.807) is 6.07 Å². The number of piperazine rings is 1. The van der Waals surface area contributed by atoms with Crippen molar-refractivity contribution in [3.05, 3.63) is 24.3 Å². The van der Waals surface area contributed by atoms with Gasteiger partial charge >= 0.3 is 0 Å². The van der Waals surface area contributed by atoms with Gasteiger partial charge in [-0.2, -0.15) is 0 Å². The molecular formula is C16H25N3O2. The van der Waals surface area contributed by atoms with E-state index in [0.717, 1.165) is 45.0 Å². The summed E-state index contributed by atoms with van der Waals surface area (Å²) in [7, 11) is 0. The van der Waals surface area contributed by atoms with Gasteiger partial charge in [-0.15, -0.1) is 0 Å². The molecule has 1 saturated heterocycles. The molecule has 1 fully saturated rings. The minimum absolute atomic E-state index is 0.205. The fourth-order valence-corrected chi connectivity index (χ4v) is 2.75. The van der Waals surface area contributed by atoms with Gasteiger partial charge in [0.15, 0.2) is 0 Å². The number of para-hydroxylation sites is 2. The molecule has 21 heavy (non-hydrogen) atoms. The number of benzene rings is 1. The molecule has 5 heteroatoms. The fourth-order valence-electron chi connectivity index (χ4n) is 2.75. The Morgan fingerprint density at radius 3 is 2.33 bits per heavy atom. The zero-order chi connectivity index (χ0) is 15.2. The van der Waals surface area contributed by atoms with Gasteiger partial charge < -0.3 is 14.9 Å². The van der Waals surface area contributed by atoms with E-state index in [1.807, 2.05) is 36.9 Å². The lowest BCUT2D eigenvalue weighted by Gasteiger charge is -2.36. The van der Waals surface area contributed by atoms with E-state index in [1.165, 1.54) is 0 Å². The van der Waals surface area contributed by atoms with Gasteiger partial charge in [-0.05, 0) is 26.0 Å². The molecule has 0 bridgehead atoms. The highest BCUT2D eigenvalue weighted by Crippen LogP contribution is 2.27. The summed E-state index contributed by atoms with van der Waals surface area (Å²) >= 11 is 0. The second-order valence-electron chi connectivity index (χ2n) is 5.32. The first-order chi connectivity index (χ1) is 10.2. The largest absolute Gasteiger partial charge is 0.506 e. The van der Waals surface area contributed by atoms with E-state index in [0.29, 0.717) is 12.3 Å². The average molecular weight is 291 g/mol. The van der Waals surface area contributed by atoms with Crippen LogP contribution in [-0.4, -0.2) is 66.6 Å². The second-order valence-corrected chi connectivity index (χ2v) is 5.32. The van der Waals surface area contributed by atoms with Gasteiger partial charge in [-0.3, -0.25) is 9.69 Å². The summed E-state index contributed by atoms with van der Waals surface area (Å²) in [6.45, 7) is 9.43. The average Bonchev–Trinajstić information content (AvgIpc) is 2.50. The maximum absolute atomic E-state index is 12.1. The molecule has 1 amide bonds. The maximum Gasteiger partial charge on any atom is 0.236 e. The molecule has 0 spiro atoms. The highest BCUT2D eigenvalue weighted by atomic mass is 16.3. The highest BCUT2D eigenvalue weighted by Gasteiger charge is 2.21. The molecule has 116 valence electrons. The molecule has 1 aliphatic heterocycles. The molecule has 1 heterocycles. The van der Waals surface area contributed by atoms with Crippen LogP contribution in [-0.2, 0) is 4.79 Å². The van der Waals surface area contributed by atoms with Crippen LogP contribution in [0.2, 0.25) is 0 Å². The second kappa shape index (κ2) is 7.31. The van der Waals surface area contributed by atoms with Crippen molar-refractivity contribution in [1.29, 1.82) is 0 Å². The van der Waals surface area contributed by atoms with Crippen LogP contribution in [0.25, 0.3) is 0 Å². The van der Waals surface area contributed by atoms with Crippen molar-refractivity contribution in [2.24, 2.45) is 0 Å². The number of likely N-dealkylation sites (N-methyl/N-ethyl adjacent to an activating group) is 1. The Labute approximate surface area is 126 Å². The van der Waals surface area contributed by atoms with Crippen LogP contribution in [0, 0.1) is 0 Å². The van der Waals surface area contributed by atoms with E-state index >= 15 is 0 Å². The Morgan fingerprint density at radius 2 is 1.76 bits per heavy atom. The van der Waals surface area contributed by atoms with Crippen LogP contribution in [0.4, 0.5) is 5.69 Å². The van der Waals surface area contributed by atoms with E-state index in [2.05, 4.69) is 9.80 Å². The Morgan fingerprint density at radius 1 is 1.14 bits per heavy atom. The van der Waals surface area contributed by atoms with Gasteiger partial charge in [0.1, 0.15) is 5.75 Å². The maximum atomic E-state index is 12.1. The number of carbonyl (C=O) groups is 1. The van der Waals surface area contributed by atoms with Gasteiger partial charge in [0, 0.05) is 39.3 Å². The standard InChI is InChI=1S/C16H25N3O2/c1-3-18(4-2)16(21)13-17-9-11-19(12-10-17)14-7-5-6-8-15(14)20/h5-8,20H,3-4,9-13H2,1-2H3. The zero-order valence-corrected chi connectivity index (χ0v) is 13.0. The first kappa shape index (κ1) is 15.6. The molecule has 0 atom stereocenters. The number of carbonyl (C=O) groups excluding carboxylic acids is 1. The number of aromatic hydroxyl groups is 1. The summed E-state index contributed by atoms with van der Waals surface area (Å²) in [5.74, 6) is 0.529. The van der Waals surface area contributed by atoms with Crippen LogP contribution in [0.5, 0.6) is 5.75 Å². The van der Waals surface area contributed by atoms with Crippen molar-refractivity contribution in [2.75, 3.05) is 50.7 Å². The molecule has 2 rings (SSSR count). The Hall–Kier alpha value is -1.75.